The highest BCUT2D eigenvalue weighted by Gasteiger charge is 2.21. The Hall–Kier alpha value is -2.87. The molecule has 156 valence electrons. The largest absolute Gasteiger partial charge is 0.343 e. The van der Waals surface area contributed by atoms with Gasteiger partial charge in [0.1, 0.15) is 17.3 Å². The summed E-state index contributed by atoms with van der Waals surface area (Å²) in [6, 6.07) is 6.38. The van der Waals surface area contributed by atoms with Gasteiger partial charge in [0.15, 0.2) is 0 Å². The second-order valence-electron chi connectivity index (χ2n) is 7.29. The summed E-state index contributed by atoms with van der Waals surface area (Å²) in [6.07, 6.45) is 0. The highest BCUT2D eigenvalue weighted by Crippen LogP contribution is 2.17. The molecule has 0 saturated carbocycles. The van der Waals surface area contributed by atoms with Crippen LogP contribution in [0.2, 0.25) is 0 Å². The van der Waals surface area contributed by atoms with Crippen LogP contribution in [-0.2, 0) is 6.54 Å². The number of aromatic nitrogens is 1. The first-order valence-electron chi connectivity index (χ1n) is 9.17. The number of nitrogens with zero attached hydrogens (tertiary/aromatic N) is 4. The van der Waals surface area contributed by atoms with Crippen LogP contribution in [0.25, 0.3) is 0 Å². The van der Waals surface area contributed by atoms with E-state index in [9.17, 15) is 18.4 Å². The van der Waals surface area contributed by atoms with Crippen LogP contribution in [-0.4, -0.2) is 72.8 Å². The molecule has 2 rings (SSSR count). The van der Waals surface area contributed by atoms with Crippen molar-refractivity contribution < 1.29 is 18.4 Å². The maximum Gasteiger partial charge on any atom is 0.271 e. The van der Waals surface area contributed by atoms with E-state index in [4.69, 9.17) is 0 Å². The number of aryl methyl sites for hydroxylation is 1. The molecule has 0 saturated heterocycles. The minimum absolute atomic E-state index is 0.00337. The van der Waals surface area contributed by atoms with Crippen LogP contribution < -0.4 is 0 Å². The molecule has 0 fully saturated rings. The molecule has 1 aromatic carbocycles. The Morgan fingerprint density at radius 1 is 0.966 bits per heavy atom. The first kappa shape index (κ1) is 22.4. The van der Waals surface area contributed by atoms with Gasteiger partial charge in [0.05, 0.1) is 11.3 Å². The van der Waals surface area contributed by atoms with Gasteiger partial charge in [-0.2, -0.15) is 0 Å². The Morgan fingerprint density at radius 2 is 1.66 bits per heavy atom. The van der Waals surface area contributed by atoms with Gasteiger partial charge in [0.25, 0.3) is 11.8 Å². The summed E-state index contributed by atoms with van der Waals surface area (Å²) in [4.78, 5) is 34.3. The second-order valence-corrected chi connectivity index (χ2v) is 7.29. The van der Waals surface area contributed by atoms with E-state index < -0.39 is 11.6 Å². The molecular formula is C21H26F2N4O2. The quantitative estimate of drug-likeness (QED) is 0.712. The van der Waals surface area contributed by atoms with Crippen molar-refractivity contribution in [2.45, 2.75) is 13.5 Å². The highest BCUT2D eigenvalue weighted by atomic mass is 19.1. The monoisotopic (exact) mass is 404 g/mol. The lowest BCUT2D eigenvalue weighted by molar-refractivity contribution is 0.0727. The number of halogens is 2. The zero-order valence-electron chi connectivity index (χ0n) is 17.4. The molecule has 0 radical (unpaired) electrons. The van der Waals surface area contributed by atoms with E-state index in [1.165, 1.54) is 28.0 Å². The molecule has 0 spiro atoms. The standard InChI is InChI=1S/C21H26F2N4O2/c1-14-17(8-9-19(24-14)21(29)26(4)5)20(28)27(11-10-25(2)3)13-15-6-7-16(22)12-18(15)23/h6-9,12H,10-11,13H2,1-5H3. The van der Waals surface area contributed by atoms with Crippen LogP contribution in [0, 0.1) is 18.6 Å². The minimum atomic E-state index is -0.700. The Balaban J connectivity index is 2.32. The van der Waals surface area contributed by atoms with Crippen molar-refractivity contribution in [3.8, 4) is 0 Å². The van der Waals surface area contributed by atoms with E-state index in [1.54, 1.807) is 27.1 Å². The van der Waals surface area contributed by atoms with Gasteiger partial charge >= 0.3 is 0 Å². The zero-order valence-corrected chi connectivity index (χ0v) is 17.4. The van der Waals surface area contributed by atoms with E-state index >= 15 is 0 Å². The van der Waals surface area contributed by atoms with Crippen molar-refractivity contribution in [2.24, 2.45) is 0 Å². The van der Waals surface area contributed by atoms with Crippen molar-refractivity contribution in [2.75, 3.05) is 41.3 Å². The Morgan fingerprint density at radius 3 is 2.21 bits per heavy atom. The summed E-state index contributed by atoms with van der Waals surface area (Å²) in [5.74, 6) is -1.96. The molecule has 0 unspecified atom stereocenters. The van der Waals surface area contributed by atoms with Crippen molar-refractivity contribution in [3.63, 3.8) is 0 Å². The molecule has 1 aromatic heterocycles. The summed E-state index contributed by atoms with van der Waals surface area (Å²) in [5.41, 5.74) is 1.22. The third-order valence-electron chi connectivity index (χ3n) is 4.42. The summed E-state index contributed by atoms with van der Waals surface area (Å²) < 4.78 is 27.3. The SMILES string of the molecule is Cc1nc(C(=O)N(C)C)ccc1C(=O)N(CCN(C)C)Cc1ccc(F)cc1F. The van der Waals surface area contributed by atoms with Gasteiger partial charge in [-0.3, -0.25) is 9.59 Å². The third-order valence-corrected chi connectivity index (χ3v) is 4.42. The summed E-state index contributed by atoms with van der Waals surface area (Å²) in [6.45, 7) is 2.57. The highest BCUT2D eigenvalue weighted by molar-refractivity contribution is 5.97. The number of benzene rings is 1. The summed E-state index contributed by atoms with van der Waals surface area (Å²) >= 11 is 0. The molecule has 0 aliphatic heterocycles. The zero-order chi connectivity index (χ0) is 21.7. The van der Waals surface area contributed by atoms with E-state index in [1.807, 2.05) is 19.0 Å². The minimum Gasteiger partial charge on any atom is -0.343 e. The molecule has 2 amide bonds. The predicted molar refractivity (Wildman–Crippen MR) is 107 cm³/mol. The van der Waals surface area contributed by atoms with Crippen molar-refractivity contribution in [3.05, 3.63) is 64.5 Å². The van der Waals surface area contributed by atoms with Crippen molar-refractivity contribution in [1.29, 1.82) is 0 Å². The molecule has 8 heteroatoms. The topological polar surface area (TPSA) is 56.8 Å². The average Bonchev–Trinajstić information content (AvgIpc) is 2.65. The number of likely N-dealkylation sites (N-methyl/N-ethyl adjacent to an activating group) is 1. The Kier molecular flexibility index (Phi) is 7.39. The molecule has 0 aliphatic rings. The predicted octanol–water partition coefficient (Wildman–Crippen LogP) is 2.57. The van der Waals surface area contributed by atoms with Crippen LogP contribution in [0.5, 0.6) is 0 Å². The fourth-order valence-corrected chi connectivity index (χ4v) is 2.73. The van der Waals surface area contributed by atoms with Gasteiger partial charge in [0, 0.05) is 45.4 Å². The first-order valence-corrected chi connectivity index (χ1v) is 9.17. The first-order chi connectivity index (χ1) is 13.6. The Bertz CT molecular complexity index is 900. The lowest BCUT2D eigenvalue weighted by atomic mass is 10.1. The normalized spacial score (nSPS) is 10.9. The average molecular weight is 404 g/mol. The van der Waals surface area contributed by atoms with Crippen LogP contribution in [0.1, 0.15) is 32.1 Å². The van der Waals surface area contributed by atoms with Gasteiger partial charge in [-0.05, 0) is 39.2 Å². The summed E-state index contributed by atoms with van der Waals surface area (Å²) in [5, 5.41) is 0. The molecule has 6 nitrogen and oxygen atoms in total. The van der Waals surface area contributed by atoms with Crippen molar-refractivity contribution >= 4 is 11.8 Å². The number of hydrogen-bond donors (Lipinski definition) is 0. The fourth-order valence-electron chi connectivity index (χ4n) is 2.73. The number of pyridine rings is 1. The van der Waals surface area contributed by atoms with Gasteiger partial charge in [-0.25, -0.2) is 13.8 Å². The number of rotatable bonds is 7. The molecular weight excluding hydrogens is 378 g/mol. The molecule has 0 N–H and O–H groups in total. The fraction of sp³-hybridized carbons (Fsp3) is 0.381. The smallest absolute Gasteiger partial charge is 0.271 e. The van der Waals surface area contributed by atoms with Gasteiger partial charge in [0.2, 0.25) is 0 Å². The molecule has 29 heavy (non-hydrogen) atoms. The molecule has 1 heterocycles. The van der Waals surface area contributed by atoms with Crippen LogP contribution >= 0.6 is 0 Å². The van der Waals surface area contributed by atoms with E-state index in [0.717, 1.165) is 6.07 Å². The number of carbonyl (C=O) groups excluding carboxylic acids is 2. The number of amides is 2. The molecule has 2 aromatic rings. The van der Waals surface area contributed by atoms with Gasteiger partial charge in [-0.15, -0.1) is 0 Å². The molecule has 0 bridgehead atoms. The lowest BCUT2D eigenvalue weighted by Gasteiger charge is -2.25. The van der Waals surface area contributed by atoms with E-state index in [0.29, 0.717) is 24.3 Å². The van der Waals surface area contributed by atoms with E-state index in [-0.39, 0.29) is 29.6 Å². The number of hydrogen-bond acceptors (Lipinski definition) is 4. The maximum absolute atomic E-state index is 14.1. The maximum atomic E-state index is 14.1. The number of carbonyl (C=O) groups is 2. The Labute approximate surface area is 169 Å². The van der Waals surface area contributed by atoms with Crippen molar-refractivity contribution in [1.82, 2.24) is 19.7 Å². The molecule has 0 atom stereocenters. The van der Waals surface area contributed by atoms with Crippen LogP contribution in [0.4, 0.5) is 8.78 Å². The van der Waals surface area contributed by atoms with E-state index in [2.05, 4.69) is 4.98 Å². The van der Waals surface area contributed by atoms with Gasteiger partial charge in [-0.1, -0.05) is 6.07 Å². The third kappa shape index (κ3) is 5.80. The second kappa shape index (κ2) is 9.56. The van der Waals surface area contributed by atoms with Gasteiger partial charge < -0.3 is 14.7 Å². The van der Waals surface area contributed by atoms with Crippen LogP contribution in [0.3, 0.4) is 0 Å². The van der Waals surface area contributed by atoms with Crippen LogP contribution in [0.15, 0.2) is 30.3 Å². The summed E-state index contributed by atoms with van der Waals surface area (Å²) in [7, 11) is 6.99. The lowest BCUT2D eigenvalue weighted by Crippen LogP contribution is -2.37. The molecule has 0 aliphatic carbocycles.